The standard InChI is InChI=1S/C58H64N2O4/c1-35-31-45(59(41-23-15-37(16-24-41)55(3,4)5)42-25-17-38(18-26-42)56(6,7)8)33-47(61)49(35)51-53(63)52(54(51)64)50-36(2)32-46(34-48(50)62)60(43-27-19-39(20-28-43)57(9,10)11)44-29-21-40(22-30-44)58(12,13)14/h15-34H,1-14H3,(H2,61,62,63,64)/p+1. The second-order valence-corrected chi connectivity index (χ2v) is 21.6. The maximum absolute atomic E-state index is 14.3. The molecular weight excluding hydrogens is 789 g/mol. The highest BCUT2D eigenvalue weighted by molar-refractivity contribution is 6.40. The first-order valence-corrected chi connectivity index (χ1v) is 22.3. The van der Waals surface area contributed by atoms with Crippen molar-refractivity contribution in [2.24, 2.45) is 0 Å². The molecule has 3 N–H and O–H groups in total. The fourth-order valence-electron chi connectivity index (χ4n) is 8.61. The van der Waals surface area contributed by atoms with Crippen LogP contribution in [0.1, 0.15) is 123 Å². The fourth-order valence-corrected chi connectivity index (χ4v) is 8.61. The SMILES string of the molecule is CC1=CC(=[N+](c2ccc(C(C)(C)C)cc2)c2ccc(C(C)(C)C)cc2)C=C(O)/C1=C1\C(=O)C(c2c(C)cc(N(c3ccc(C(C)(C)C)cc3)c3ccc(C(C)(C)C)cc3)cc2O)=C1O. The average Bonchev–Trinajstić information content (AvgIpc) is 3.20. The number of allylic oxidation sites excluding steroid dienone is 5. The number of rotatable bonds is 6. The lowest BCUT2D eigenvalue weighted by Gasteiger charge is -2.30. The van der Waals surface area contributed by atoms with E-state index in [2.05, 4.69) is 190 Å². The summed E-state index contributed by atoms with van der Waals surface area (Å²) >= 11 is 0. The number of carbonyl (C=O) groups excluding carboxylic acids is 1. The van der Waals surface area contributed by atoms with E-state index in [1.165, 1.54) is 22.3 Å². The first-order valence-electron chi connectivity index (χ1n) is 22.3. The summed E-state index contributed by atoms with van der Waals surface area (Å²) in [5.41, 5.74) is 11.6. The van der Waals surface area contributed by atoms with Crippen molar-refractivity contribution < 1.29 is 20.1 Å². The smallest absolute Gasteiger partial charge is 0.215 e. The summed E-state index contributed by atoms with van der Waals surface area (Å²) in [5.74, 6) is -0.974. The Morgan fingerprint density at radius 3 is 1.20 bits per heavy atom. The fraction of sp³-hybridized carbons (Fsp3) is 0.310. The van der Waals surface area contributed by atoms with E-state index in [1.54, 1.807) is 12.1 Å². The molecule has 0 atom stereocenters. The molecular formula is C58H65N2O4+. The Balaban J connectivity index is 1.30. The molecule has 0 saturated heterocycles. The molecule has 0 bridgehead atoms. The molecule has 0 unspecified atom stereocenters. The second kappa shape index (κ2) is 16.3. The van der Waals surface area contributed by atoms with Gasteiger partial charge in [-0.05, 0) is 99.2 Å². The maximum Gasteiger partial charge on any atom is 0.215 e. The van der Waals surface area contributed by atoms with Crippen molar-refractivity contribution in [2.75, 3.05) is 4.90 Å². The molecule has 2 aliphatic carbocycles. The first kappa shape index (κ1) is 45.6. The second-order valence-electron chi connectivity index (χ2n) is 21.6. The van der Waals surface area contributed by atoms with Gasteiger partial charge < -0.3 is 20.2 Å². The average molecular weight is 854 g/mol. The summed E-state index contributed by atoms with van der Waals surface area (Å²) in [5, 5.41) is 35.4. The van der Waals surface area contributed by atoms with Gasteiger partial charge in [-0.15, -0.1) is 0 Å². The van der Waals surface area contributed by atoms with Gasteiger partial charge >= 0.3 is 0 Å². The van der Waals surface area contributed by atoms with Gasteiger partial charge in [-0.3, -0.25) is 4.79 Å². The number of hydrogen-bond acceptors (Lipinski definition) is 5. The van der Waals surface area contributed by atoms with Gasteiger partial charge in [0, 0.05) is 58.9 Å². The number of benzene rings is 5. The monoisotopic (exact) mass is 853 g/mol. The number of phenols is 1. The van der Waals surface area contributed by atoms with Crippen LogP contribution >= 0.6 is 0 Å². The van der Waals surface area contributed by atoms with Crippen molar-refractivity contribution in [1.82, 2.24) is 4.58 Å². The Hall–Kier alpha value is -6.40. The Kier molecular flexibility index (Phi) is 11.6. The number of carbonyl (C=O) groups is 1. The van der Waals surface area contributed by atoms with E-state index < -0.39 is 5.78 Å². The van der Waals surface area contributed by atoms with Gasteiger partial charge in [0.05, 0.1) is 22.9 Å². The van der Waals surface area contributed by atoms with E-state index in [4.69, 9.17) is 0 Å². The van der Waals surface area contributed by atoms with Crippen LogP contribution in [0.4, 0.5) is 28.4 Å². The largest absolute Gasteiger partial charge is 0.507 e. The summed E-state index contributed by atoms with van der Waals surface area (Å²) in [6.07, 6.45) is 3.58. The van der Waals surface area contributed by atoms with Crippen LogP contribution in [0.25, 0.3) is 5.57 Å². The van der Waals surface area contributed by atoms with Crippen LogP contribution < -0.4 is 9.48 Å². The van der Waals surface area contributed by atoms with Crippen molar-refractivity contribution in [3.8, 4) is 5.75 Å². The topological polar surface area (TPSA) is 84.0 Å². The van der Waals surface area contributed by atoms with Gasteiger partial charge in [0.1, 0.15) is 17.3 Å². The van der Waals surface area contributed by atoms with Gasteiger partial charge in [-0.1, -0.05) is 132 Å². The predicted molar refractivity (Wildman–Crippen MR) is 268 cm³/mol. The van der Waals surface area contributed by atoms with Crippen molar-refractivity contribution in [1.29, 1.82) is 0 Å². The van der Waals surface area contributed by atoms with Crippen LogP contribution in [0.15, 0.2) is 150 Å². The molecule has 2 aliphatic rings. The number of aliphatic hydroxyl groups is 2. The normalized spacial score (nSPS) is 16.1. The lowest BCUT2D eigenvalue weighted by Crippen LogP contribution is -2.26. The molecule has 0 spiro atoms. The quantitative estimate of drug-likeness (QED) is 0.117. The van der Waals surface area contributed by atoms with E-state index >= 15 is 0 Å². The molecule has 0 aromatic heterocycles. The third-order valence-corrected chi connectivity index (χ3v) is 12.5. The molecule has 0 aliphatic heterocycles. The summed E-state index contributed by atoms with van der Waals surface area (Å²) in [4.78, 5) is 16.4. The van der Waals surface area contributed by atoms with Crippen molar-refractivity contribution in [2.45, 2.75) is 119 Å². The van der Waals surface area contributed by atoms with Crippen LogP contribution in [0.3, 0.4) is 0 Å². The maximum atomic E-state index is 14.3. The van der Waals surface area contributed by atoms with Crippen LogP contribution in [0.5, 0.6) is 5.75 Å². The molecule has 0 heterocycles. The van der Waals surface area contributed by atoms with Gasteiger partial charge in [0.25, 0.3) is 0 Å². The van der Waals surface area contributed by atoms with Crippen LogP contribution in [-0.2, 0) is 26.5 Å². The number of anilines is 3. The highest BCUT2D eigenvalue weighted by Crippen LogP contribution is 2.48. The summed E-state index contributed by atoms with van der Waals surface area (Å²) in [6, 6.07) is 37.4. The van der Waals surface area contributed by atoms with Crippen LogP contribution in [0, 0.1) is 6.92 Å². The van der Waals surface area contributed by atoms with Crippen LogP contribution in [0.2, 0.25) is 0 Å². The number of phenolic OH excluding ortho intramolecular Hbond substituents is 1. The first-order chi connectivity index (χ1) is 29.8. The lowest BCUT2D eigenvalue weighted by molar-refractivity contribution is -0.111. The minimum atomic E-state index is -0.449. The molecule has 6 nitrogen and oxygen atoms in total. The van der Waals surface area contributed by atoms with E-state index in [9.17, 15) is 20.1 Å². The van der Waals surface area contributed by atoms with E-state index in [-0.39, 0.29) is 61.2 Å². The molecule has 5 aromatic rings. The molecule has 5 aromatic carbocycles. The summed E-state index contributed by atoms with van der Waals surface area (Å²) in [7, 11) is 0. The number of hydrogen-bond donors (Lipinski definition) is 3. The van der Waals surface area contributed by atoms with Crippen molar-refractivity contribution in [3.63, 3.8) is 0 Å². The molecule has 64 heavy (non-hydrogen) atoms. The predicted octanol–water partition coefficient (Wildman–Crippen LogP) is 14.9. The van der Waals surface area contributed by atoms with Gasteiger partial charge in [0.15, 0.2) is 0 Å². The third kappa shape index (κ3) is 8.75. The number of aromatic hydroxyl groups is 1. The molecule has 6 heteroatoms. The Morgan fingerprint density at radius 2 is 0.859 bits per heavy atom. The highest BCUT2D eigenvalue weighted by atomic mass is 16.3. The van der Waals surface area contributed by atoms with Crippen LogP contribution in [-0.4, -0.2) is 26.8 Å². The number of Topliss-reactive ketones (excluding diaryl/α,β-unsaturated/α-hetero) is 1. The number of ketones is 1. The van der Waals surface area contributed by atoms with Crippen molar-refractivity contribution >= 4 is 45.5 Å². The zero-order valence-electron chi connectivity index (χ0n) is 40.2. The van der Waals surface area contributed by atoms with Gasteiger partial charge in [0.2, 0.25) is 22.9 Å². The zero-order chi connectivity index (χ0) is 46.8. The zero-order valence-corrected chi connectivity index (χ0v) is 40.2. The molecule has 330 valence electrons. The van der Waals surface area contributed by atoms with E-state index in [0.717, 1.165) is 22.7 Å². The minimum Gasteiger partial charge on any atom is -0.507 e. The van der Waals surface area contributed by atoms with E-state index in [0.29, 0.717) is 22.5 Å². The Bertz CT molecular complexity index is 2640. The highest BCUT2D eigenvalue weighted by Gasteiger charge is 2.41. The number of aryl methyl sites for hydroxylation is 1. The number of aliphatic hydroxyl groups excluding tert-OH is 2. The number of nitrogens with zero attached hydrogens (tertiary/aromatic N) is 2. The lowest BCUT2D eigenvalue weighted by atomic mass is 9.76. The molecule has 0 radical (unpaired) electrons. The minimum absolute atomic E-state index is 0.0227. The van der Waals surface area contributed by atoms with E-state index in [1.807, 2.05) is 26.0 Å². The van der Waals surface area contributed by atoms with Gasteiger partial charge in [-0.2, -0.15) is 4.58 Å². The molecule has 7 rings (SSSR count). The Labute approximate surface area is 381 Å². The Morgan fingerprint density at radius 1 is 0.469 bits per heavy atom. The molecule has 0 fully saturated rings. The molecule has 0 amide bonds. The molecule has 0 saturated carbocycles. The third-order valence-electron chi connectivity index (χ3n) is 12.5. The summed E-state index contributed by atoms with van der Waals surface area (Å²) < 4.78 is 2.09. The van der Waals surface area contributed by atoms with Gasteiger partial charge in [-0.25, -0.2) is 0 Å². The van der Waals surface area contributed by atoms with Crippen molar-refractivity contribution in [3.05, 3.63) is 183 Å². The summed E-state index contributed by atoms with van der Waals surface area (Å²) in [6.45, 7) is 29.9.